The van der Waals surface area contributed by atoms with E-state index < -0.39 is 0 Å². The van der Waals surface area contributed by atoms with Gasteiger partial charge in [-0.3, -0.25) is 4.98 Å². The molecule has 1 fully saturated rings. The van der Waals surface area contributed by atoms with Crippen LogP contribution in [0.15, 0.2) is 55.0 Å². The fraction of sp³-hybridized carbons (Fsp3) is 0.346. The predicted molar refractivity (Wildman–Crippen MR) is 129 cm³/mol. The monoisotopic (exact) mass is 448 g/mol. The van der Waals surface area contributed by atoms with Crippen molar-refractivity contribution in [3.63, 3.8) is 0 Å². The minimum Gasteiger partial charge on any atom is -0.367 e. The fourth-order valence-electron chi connectivity index (χ4n) is 5.14. The summed E-state index contributed by atoms with van der Waals surface area (Å²) in [6, 6.07) is 13.0. The highest BCUT2D eigenvalue weighted by atomic mass is 35.5. The van der Waals surface area contributed by atoms with E-state index in [2.05, 4.69) is 33.3 Å². The van der Waals surface area contributed by atoms with E-state index in [-0.39, 0.29) is 5.82 Å². The Kier molecular flexibility index (Phi) is 5.92. The van der Waals surface area contributed by atoms with Crippen LogP contribution in [-0.4, -0.2) is 21.0 Å². The molecule has 2 aromatic heterocycles. The van der Waals surface area contributed by atoms with Crippen molar-refractivity contribution in [3.8, 4) is 0 Å². The number of anilines is 1. The molecule has 0 aliphatic heterocycles. The lowest BCUT2D eigenvalue weighted by atomic mass is 9.76. The van der Waals surface area contributed by atoms with Crippen molar-refractivity contribution in [2.45, 2.75) is 51.0 Å². The lowest BCUT2D eigenvalue weighted by Gasteiger charge is -2.31. The van der Waals surface area contributed by atoms with E-state index in [1.807, 2.05) is 24.4 Å². The molecule has 2 heterocycles. The van der Waals surface area contributed by atoms with Gasteiger partial charge in [-0.25, -0.2) is 14.4 Å². The van der Waals surface area contributed by atoms with E-state index in [0.717, 1.165) is 46.9 Å². The molecule has 1 unspecified atom stereocenters. The van der Waals surface area contributed by atoms with Gasteiger partial charge in [0.1, 0.15) is 18.0 Å². The smallest absolute Gasteiger partial charge is 0.137 e. The zero-order valence-corrected chi connectivity index (χ0v) is 18.8. The second-order valence-corrected chi connectivity index (χ2v) is 9.38. The Morgan fingerprint density at radius 3 is 2.66 bits per heavy atom. The molecule has 1 aliphatic rings. The normalized spacial score (nSPS) is 19.8. The number of hydrogen-bond donors (Lipinski definition) is 1. The molecule has 0 bridgehead atoms. The molecule has 0 spiro atoms. The second kappa shape index (κ2) is 8.99. The van der Waals surface area contributed by atoms with Crippen LogP contribution in [0, 0.1) is 11.7 Å². The number of nitrogens with zero attached hydrogens (tertiary/aromatic N) is 3. The van der Waals surface area contributed by atoms with Gasteiger partial charge in [-0.05, 0) is 98.9 Å². The van der Waals surface area contributed by atoms with Crippen LogP contribution in [0.2, 0.25) is 5.02 Å². The molecule has 1 aliphatic carbocycles. The molecule has 1 N–H and O–H groups in total. The van der Waals surface area contributed by atoms with Crippen LogP contribution in [0.4, 0.5) is 10.2 Å². The van der Waals surface area contributed by atoms with E-state index in [9.17, 15) is 4.39 Å². The van der Waals surface area contributed by atoms with Gasteiger partial charge in [0.15, 0.2) is 0 Å². The summed E-state index contributed by atoms with van der Waals surface area (Å²) in [6.07, 6.45) is 9.14. The third-order valence-electron chi connectivity index (χ3n) is 6.69. The Hall–Kier alpha value is -2.79. The van der Waals surface area contributed by atoms with Crippen LogP contribution in [0.5, 0.6) is 0 Å². The number of halogens is 2. The zero-order chi connectivity index (χ0) is 22.1. The molecule has 1 saturated carbocycles. The first-order valence-corrected chi connectivity index (χ1v) is 11.7. The van der Waals surface area contributed by atoms with Crippen LogP contribution in [0.1, 0.15) is 50.5 Å². The fourth-order valence-corrected chi connectivity index (χ4v) is 5.31. The van der Waals surface area contributed by atoms with E-state index in [1.165, 1.54) is 24.5 Å². The van der Waals surface area contributed by atoms with Gasteiger partial charge in [-0.2, -0.15) is 0 Å². The first kappa shape index (κ1) is 21.1. The maximum atomic E-state index is 13.8. The molecule has 0 amide bonds. The average Bonchev–Trinajstić information content (AvgIpc) is 2.79. The summed E-state index contributed by atoms with van der Waals surface area (Å²) >= 11 is 6.10. The van der Waals surface area contributed by atoms with Crippen molar-refractivity contribution < 1.29 is 4.39 Å². The van der Waals surface area contributed by atoms with Crippen LogP contribution in [0.3, 0.4) is 0 Å². The van der Waals surface area contributed by atoms with Crippen molar-refractivity contribution in [1.82, 2.24) is 15.0 Å². The Morgan fingerprint density at radius 1 is 0.969 bits per heavy atom. The predicted octanol–water partition coefficient (Wildman–Crippen LogP) is 7.14. The molecule has 4 nitrogen and oxygen atoms in total. The van der Waals surface area contributed by atoms with Gasteiger partial charge in [0.05, 0.1) is 11.0 Å². The molecule has 6 heteroatoms. The quantitative estimate of drug-likeness (QED) is 0.352. The summed E-state index contributed by atoms with van der Waals surface area (Å²) in [4.78, 5) is 13.2. The van der Waals surface area contributed by atoms with Gasteiger partial charge in [0, 0.05) is 28.0 Å². The highest BCUT2D eigenvalue weighted by Gasteiger charge is 2.25. The molecule has 2 aromatic carbocycles. The highest BCUT2D eigenvalue weighted by molar-refractivity contribution is 6.31. The molecule has 4 aromatic rings. The molecule has 1 atom stereocenters. The Morgan fingerprint density at radius 2 is 1.81 bits per heavy atom. The lowest BCUT2D eigenvalue weighted by Crippen LogP contribution is -2.23. The highest BCUT2D eigenvalue weighted by Crippen LogP contribution is 2.40. The van der Waals surface area contributed by atoms with Gasteiger partial charge >= 0.3 is 0 Å². The Labute approximate surface area is 192 Å². The van der Waals surface area contributed by atoms with Crippen LogP contribution < -0.4 is 5.32 Å². The first-order chi connectivity index (χ1) is 15.6. The maximum absolute atomic E-state index is 13.8. The van der Waals surface area contributed by atoms with Gasteiger partial charge in [-0.15, -0.1) is 0 Å². The number of nitrogens with one attached hydrogen (secondary N) is 1. The number of aromatic nitrogens is 3. The van der Waals surface area contributed by atoms with Gasteiger partial charge in [-0.1, -0.05) is 11.6 Å². The van der Waals surface area contributed by atoms with Crippen LogP contribution >= 0.6 is 11.6 Å². The van der Waals surface area contributed by atoms with E-state index in [0.29, 0.717) is 22.9 Å². The third-order valence-corrected chi connectivity index (χ3v) is 6.93. The van der Waals surface area contributed by atoms with E-state index in [1.54, 1.807) is 18.5 Å². The third kappa shape index (κ3) is 4.40. The average molecular weight is 449 g/mol. The van der Waals surface area contributed by atoms with E-state index >= 15 is 0 Å². The molecular formula is C26H26ClFN4. The second-order valence-electron chi connectivity index (χ2n) is 8.94. The van der Waals surface area contributed by atoms with Gasteiger partial charge < -0.3 is 5.32 Å². The molecular weight excluding hydrogens is 423 g/mol. The summed E-state index contributed by atoms with van der Waals surface area (Å²) in [6.45, 7) is 2.22. The van der Waals surface area contributed by atoms with Crippen molar-refractivity contribution in [2.75, 3.05) is 5.32 Å². The standard InChI is InChI=1S/C26H26ClFN4/c1-16(32-26-22-8-6-19(27)13-25(22)30-15-31-26)12-17-2-4-18(5-3-17)21-10-11-29-24-9-7-20(28)14-23(21)24/h6-11,13-18H,2-5,12H2,1H3,(H,30,31,32)/t16?,17-,18+. The summed E-state index contributed by atoms with van der Waals surface area (Å²) < 4.78 is 13.8. The molecule has 0 saturated heterocycles. The Bertz CT molecular complexity index is 1250. The van der Waals surface area contributed by atoms with Crippen molar-refractivity contribution >= 4 is 39.2 Å². The molecule has 164 valence electrons. The largest absolute Gasteiger partial charge is 0.367 e. The van der Waals surface area contributed by atoms with Crippen molar-refractivity contribution in [2.24, 2.45) is 5.92 Å². The molecule has 32 heavy (non-hydrogen) atoms. The minimum atomic E-state index is -0.195. The SMILES string of the molecule is CC(C[C@H]1CC[C@@H](c2ccnc3ccc(F)cc32)CC1)Nc1ncnc2cc(Cl)ccc12. The zero-order valence-electron chi connectivity index (χ0n) is 18.1. The lowest BCUT2D eigenvalue weighted by molar-refractivity contribution is 0.302. The minimum absolute atomic E-state index is 0.195. The van der Waals surface area contributed by atoms with Crippen molar-refractivity contribution in [3.05, 3.63) is 71.4 Å². The topological polar surface area (TPSA) is 50.7 Å². The van der Waals surface area contributed by atoms with Crippen molar-refractivity contribution in [1.29, 1.82) is 0 Å². The Balaban J connectivity index is 1.23. The summed E-state index contributed by atoms with van der Waals surface area (Å²) in [5.41, 5.74) is 2.97. The molecule has 0 radical (unpaired) electrons. The van der Waals surface area contributed by atoms with Gasteiger partial charge in [0.2, 0.25) is 0 Å². The summed E-state index contributed by atoms with van der Waals surface area (Å²) in [7, 11) is 0. The number of rotatable bonds is 5. The van der Waals surface area contributed by atoms with Gasteiger partial charge in [0.25, 0.3) is 0 Å². The van der Waals surface area contributed by atoms with E-state index in [4.69, 9.17) is 11.6 Å². The summed E-state index contributed by atoms with van der Waals surface area (Å²) in [5.74, 6) is 1.80. The number of fused-ring (bicyclic) bond motifs is 2. The summed E-state index contributed by atoms with van der Waals surface area (Å²) in [5, 5.41) is 6.21. The van der Waals surface area contributed by atoms with Crippen LogP contribution in [-0.2, 0) is 0 Å². The van der Waals surface area contributed by atoms with Crippen LogP contribution in [0.25, 0.3) is 21.8 Å². The number of benzene rings is 2. The maximum Gasteiger partial charge on any atom is 0.137 e. The number of pyridine rings is 1. The number of hydrogen-bond acceptors (Lipinski definition) is 4. The first-order valence-electron chi connectivity index (χ1n) is 11.3. The molecule has 5 rings (SSSR count).